The normalized spacial score (nSPS) is 13.2. The van der Waals surface area contributed by atoms with Crippen molar-refractivity contribution in [3.05, 3.63) is 28.8 Å². The van der Waals surface area contributed by atoms with Crippen LogP contribution in [0.2, 0.25) is 5.02 Å². The molecule has 0 aliphatic carbocycles. The highest BCUT2D eigenvalue weighted by Gasteiger charge is 2.37. The Hall–Kier alpha value is -0.580. The molecule has 1 rings (SSSR count). The lowest BCUT2D eigenvalue weighted by atomic mass is 10.2. The molecule has 0 spiro atoms. The van der Waals surface area contributed by atoms with E-state index in [0.29, 0.717) is 16.3 Å². The molecule has 0 aromatic heterocycles. The first-order valence-electron chi connectivity index (χ1n) is 6.26. The minimum atomic E-state index is -3.44. The summed E-state index contributed by atoms with van der Waals surface area (Å²) in [5, 5.41) is 0.459. The fraction of sp³-hybridized carbons (Fsp3) is 0.538. The van der Waals surface area contributed by atoms with E-state index < -0.39 is 13.4 Å². The van der Waals surface area contributed by atoms with Crippen LogP contribution in [0, 0.1) is 0 Å². The Labute approximate surface area is 124 Å². The minimum Gasteiger partial charge on any atom is -0.497 e. The molecule has 0 aliphatic rings. The lowest BCUT2D eigenvalue weighted by molar-refractivity contribution is 0.109. The fourth-order valence-electron chi connectivity index (χ4n) is 1.83. The van der Waals surface area contributed by atoms with Gasteiger partial charge >= 0.3 is 7.60 Å². The molecule has 5 nitrogen and oxygen atoms in total. The van der Waals surface area contributed by atoms with Gasteiger partial charge in [0.05, 0.1) is 20.3 Å². The summed E-state index contributed by atoms with van der Waals surface area (Å²) in [6.07, 6.45) is 0. The SMILES string of the molecule is CCOP(=O)(OCC)C(OC)c1cc(Cl)cc(OC)c1. The summed E-state index contributed by atoms with van der Waals surface area (Å²) in [5.41, 5.74) is 0.585. The van der Waals surface area contributed by atoms with Crippen LogP contribution in [0.5, 0.6) is 5.75 Å². The second kappa shape index (κ2) is 8.01. The molecule has 0 bridgehead atoms. The van der Waals surface area contributed by atoms with Gasteiger partial charge in [0, 0.05) is 12.1 Å². The monoisotopic (exact) mass is 322 g/mol. The average Bonchev–Trinajstić information content (AvgIpc) is 2.39. The van der Waals surface area contributed by atoms with Gasteiger partial charge in [-0.05, 0) is 37.6 Å². The van der Waals surface area contributed by atoms with Crippen LogP contribution in [-0.4, -0.2) is 27.4 Å². The highest BCUT2D eigenvalue weighted by molar-refractivity contribution is 7.54. The lowest BCUT2D eigenvalue weighted by Gasteiger charge is -2.25. The zero-order chi connectivity index (χ0) is 15.2. The van der Waals surface area contributed by atoms with Crippen molar-refractivity contribution < 1.29 is 23.1 Å². The highest BCUT2D eigenvalue weighted by atomic mass is 35.5. The molecule has 20 heavy (non-hydrogen) atoms. The Bertz CT molecular complexity index is 470. The third-order valence-electron chi connectivity index (χ3n) is 2.54. The predicted molar refractivity (Wildman–Crippen MR) is 78.6 cm³/mol. The molecule has 1 unspecified atom stereocenters. The Kier molecular flexibility index (Phi) is 7.00. The molecule has 0 N–H and O–H groups in total. The van der Waals surface area contributed by atoms with Gasteiger partial charge < -0.3 is 18.5 Å². The van der Waals surface area contributed by atoms with E-state index in [1.165, 1.54) is 14.2 Å². The van der Waals surface area contributed by atoms with Crippen molar-refractivity contribution in [2.24, 2.45) is 0 Å². The molecule has 7 heteroatoms. The third kappa shape index (κ3) is 4.21. The molecule has 0 fully saturated rings. The minimum absolute atomic E-state index is 0.259. The lowest BCUT2D eigenvalue weighted by Crippen LogP contribution is -2.09. The fourth-order valence-corrected chi connectivity index (χ4v) is 3.90. The van der Waals surface area contributed by atoms with Crippen molar-refractivity contribution >= 4 is 19.2 Å². The van der Waals surface area contributed by atoms with E-state index in [1.807, 2.05) is 0 Å². The topological polar surface area (TPSA) is 54.0 Å². The van der Waals surface area contributed by atoms with Crippen molar-refractivity contribution in [1.29, 1.82) is 0 Å². The molecule has 1 atom stereocenters. The largest absolute Gasteiger partial charge is 0.497 e. The number of halogens is 1. The molecule has 0 aliphatic heterocycles. The van der Waals surface area contributed by atoms with Crippen LogP contribution in [0.25, 0.3) is 0 Å². The summed E-state index contributed by atoms with van der Waals surface area (Å²) in [7, 11) is -0.461. The van der Waals surface area contributed by atoms with Crippen molar-refractivity contribution in [3.8, 4) is 5.75 Å². The van der Waals surface area contributed by atoms with E-state index in [4.69, 9.17) is 30.1 Å². The predicted octanol–water partition coefficient (Wildman–Crippen LogP) is 4.26. The van der Waals surface area contributed by atoms with E-state index in [9.17, 15) is 4.57 Å². The van der Waals surface area contributed by atoms with Crippen LogP contribution in [0.15, 0.2) is 18.2 Å². The zero-order valence-electron chi connectivity index (χ0n) is 12.1. The molecule has 1 aromatic rings. The second-order valence-electron chi connectivity index (χ2n) is 3.89. The summed E-state index contributed by atoms with van der Waals surface area (Å²) in [5.74, 6) is -0.302. The van der Waals surface area contributed by atoms with E-state index in [1.54, 1.807) is 32.0 Å². The van der Waals surface area contributed by atoms with Gasteiger partial charge in [-0.3, -0.25) is 4.57 Å². The van der Waals surface area contributed by atoms with Gasteiger partial charge in [0.2, 0.25) is 0 Å². The van der Waals surface area contributed by atoms with Crippen LogP contribution < -0.4 is 4.74 Å². The first kappa shape index (κ1) is 17.5. The second-order valence-corrected chi connectivity index (χ2v) is 6.39. The summed E-state index contributed by atoms with van der Waals surface area (Å²) in [4.78, 5) is 0. The van der Waals surface area contributed by atoms with Crippen LogP contribution in [0.1, 0.15) is 25.3 Å². The summed E-state index contributed by atoms with van der Waals surface area (Å²) >= 11 is 6.03. The first-order valence-corrected chi connectivity index (χ1v) is 8.25. The molecule has 1 aromatic carbocycles. The van der Waals surface area contributed by atoms with Gasteiger partial charge in [-0.2, -0.15) is 0 Å². The van der Waals surface area contributed by atoms with E-state index in [2.05, 4.69) is 0 Å². The summed E-state index contributed by atoms with van der Waals surface area (Å²) in [6, 6.07) is 5.01. The molecule has 0 heterocycles. The standard InChI is InChI=1S/C13H20ClO5P/c1-5-18-20(15,19-6-2)13(17-4)10-7-11(14)9-12(8-10)16-3/h7-9,13H,5-6H2,1-4H3. The maximum absolute atomic E-state index is 12.8. The molecule has 0 amide bonds. The van der Waals surface area contributed by atoms with Gasteiger partial charge in [-0.15, -0.1) is 0 Å². The maximum atomic E-state index is 12.8. The molecule has 0 saturated heterocycles. The Balaban J connectivity index is 3.22. The number of ether oxygens (including phenoxy) is 2. The highest BCUT2D eigenvalue weighted by Crippen LogP contribution is 2.61. The van der Waals surface area contributed by atoms with Gasteiger partial charge in [0.15, 0.2) is 5.85 Å². The van der Waals surface area contributed by atoms with E-state index >= 15 is 0 Å². The molecule has 0 radical (unpaired) electrons. The Morgan fingerprint density at radius 2 is 1.75 bits per heavy atom. The Morgan fingerprint density at radius 1 is 1.15 bits per heavy atom. The zero-order valence-corrected chi connectivity index (χ0v) is 13.7. The van der Waals surface area contributed by atoms with Gasteiger partial charge in [-0.1, -0.05) is 11.6 Å². The first-order chi connectivity index (χ1) is 9.50. The van der Waals surface area contributed by atoms with E-state index in [0.717, 1.165) is 0 Å². The third-order valence-corrected chi connectivity index (χ3v) is 5.08. The molecular weight excluding hydrogens is 303 g/mol. The van der Waals surface area contributed by atoms with Crippen LogP contribution in [0.3, 0.4) is 0 Å². The van der Waals surface area contributed by atoms with Gasteiger partial charge in [0.1, 0.15) is 5.75 Å². The number of hydrogen-bond donors (Lipinski definition) is 0. The maximum Gasteiger partial charge on any atom is 0.363 e. The van der Waals surface area contributed by atoms with E-state index in [-0.39, 0.29) is 13.2 Å². The van der Waals surface area contributed by atoms with Crippen LogP contribution in [-0.2, 0) is 18.3 Å². The van der Waals surface area contributed by atoms with Crippen LogP contribution >= 0.6 is 19.2 Å². The average molecular weight is 323 g/mol. The summed E-state index contributed by atoms with van der Waals surface area (Å²) in [6.45, 7) is 4.01. The summed E-state index contributed by atoms with van der Waals surface area (Å²) < 4.78 is 33.9. The van der Waals surface area contributed by atoms with Crippen molar-refractivity contribution in [1.82, 2.24) is 0 Å². The number of methoxy groups -OCH3 is 2. The smallest absolute Gasteiger partial charge is 0.363 e. The number of rotatable bonds is 8. The molecule has 0 saturated carbocycles. The number of hydrogen-bond acceptors (Lipinski definition) is 5. The number of benzene rings is 1. The van der Waals surface area contributed by atoms with Crippen molar-refractivity contribution in [2.75, 3.05) is 27.4 Å². The van der Waals surface area contributed by atoms with Crippen molar-refractivity contribution in [2.45, 2.75) is 19.7 Å². The van der Waals surface area contributed by atoms with Gasteiger partial charge in [0.25, 0.3) is 0 Å². The quantitative estimate of drug-likeness (QED) is 0.669. The molecular formula is C13H20ClO5P. The Morgan fingerprint density at radius 3 is 2.20 bits per heavy atom. The molecule has 114 valence electrons. The van der Waals surface area contributed by atoms with Crippen LogP contribution in [0.4, 0.5) is 0 Å². The van der Waals surface area contributed by atoms with Gasteiger partial charge in [-0.25, -0.2) is 0 Å². The van der Waals surface area contributed by atoms with Crippen molar-refractivity contribution in [3.63, 3.8) is 0 Å².